The number of carbonyl (C=O) groups is 1. The number of nitrogens with zero attached hydrogens (tertiary/aromatic N) is 2. The van der Waals surface area contributed by atoms with E-state index in [4.69, 9.17) is 5.73 Å². The molecular weight excluding hydrogens is 233 g/mol. The summed E-state index contributed by atoms with van der Waals surface area (Å²) in [6, 6.07) is 4.44. The van der Waals surface area contributed by atoms with E-state index in [0.717, 1.165) is 12.8 Å². The zero-order valence-corrected chi connectivity index (χ0v) is 10.1. The normalized spacial score (nSPS) is 23.4. The molecule has 1 fully saturated rings. The average molecular weight is 247 g/mol. The maximum absolute atomic E-state index is 13.6. The van der Waals surface area contributed by atoms with Crippen molar-refractivity contribution < 1.29 is 9.18 Å². The van der Waals surface area contributed by atoms with Gasteiger partial charge in [-0.15, -0.1) is 0 Å². The Hall–Kier alpha value is -1.91. The van der Waals surface area contributed by atoms with E-state index in [1.807, 2.05) is 0 Å². The molecule has 4 nitrogen and oxygen atoms in total. The molecule has 5 heteroatoms. The van der Waals surface area contributed by atoms with E-state index < -0.39 is 6.04 Å². The first-order valence-corrected chi connectivity index (χ1v) is 6.00. The first-order valence-electron chi connectivity index (χ1n) is 6.00. The van der Waals surface area contributed by atoms with Gasteiger partial charge in [-0.05, 0) is 37.0 Å². The lowest BCUT2D eigenvalue weighted by molar-refractivity contribution is 0.203. The minimum Gasteiger partial charge on any atom is -0.385 e. The van der Waals surface area contributed by atoms with Crippen LogP contribution in [-0.4, -0.2) is 22.8 Å². The third-order valence-electron chi connectivity index (χ3n) is 3.46. The van der Waals surface area contributed by atoms with Crippen LogP contribution in [-0.2, 0) is 0 Å². The van der Waals surface area contributed by atoms with Crippen LogP contribution in [0.15, 0.2) is 23.2 Å². The zero-order valence-electron chi connectivity index (χ0n) is 10.1. The highest BCUT2D eigenvalue weighted by Gasteiger charge is 2.43. The average Bonchev–Trinajstić information content (AvgIpc) is 3.09. The van der Waals surface area contributed by atoms with Gasteiger partial charge in [0.25, 0.3) is 0 Å². The van der Waals surface area contributed by atoms with Crippen molar-refractivity contribution in [3.05, 3.63) is 35.1 Å². The van der Waals surface area contributed by atoms with Gasteiger partial charge in [-0.3, -0.25) is 0 Å². The largest absolute Gasteiger partial charge is 0.385 e. The number of halogens is 1. The van der Waals surface area contributed by atoms with Crippen LogP contribution in [0.5, 0.6) is 0 Å². The summed E-state index contributed by atoms with van der Waals surface area (Å²) in [5.74, 6) is -0.0226. The van der Waals surface area contributed by atoms with Gasteiger partial charge in [-0.2, -0.15) is 4.99 Å². The van der Waals surface area contributed by atoms with Crippen LogP contribution in [0.3, 0.4) is 0 Å². The summed E-state index contributed by atoms with van der Waals surface area (Å²) in [5, 5.41) is 0. The molecule has 1 aliphatic heterocycles. The van der Waals surface area contributed by atoms with Crippen LogP contribution in [0.25, 0.3) is 0 Å². The molecule has 2 N–H and O–H groups in total. The van der Waals surface area contributed by atoms with Gasteiger partial charge in [0.2, 0.25) is 0 Å². The van der Waals surface area contributed by atoms with Crippen molar-refractivity contribution in [3.63, 3.8) is 0 Å². The third kappa shape index (κ3) is 1.66. The van der Waals surface area contributed by atoms with Gasteiger partial charge >= 0.3 is 6.03 Å². The number of amidine groups is 1. The van der Waals surface area contributed by atoms with Crippen LogP contribution < -0.4 is 5.73 Å². The molecular formula is C13H14FN3O. The molecule has 1 aliphatic carbocycles. The van der Waals surface area contributed by atoms with Crippen molar-refractivity contribution in [2.75, 3.05) is 0 Å². The summed E-state index contributed by atoms with van der Waals surface area (Å²) in [5.41, 5.74) is 7.08. The fourth-order valence-corrected chi connectivity index (χ4v) is 2.31. The lowest BCUT2D eigenvalue weighted by Crippen LogP contribution is -2.35. The molecule has 1 aromatic carbocycles. The van der Waals surface area contributed by atoms with Crippen LogP contribution in [0.1, 0.15) is 30.0 Å². The molecule has 1 unspecified atom stereocenters. The fraction of sp³-hybridized carbons (Fsp3) is 0.385. The molecule has 0 bridgehead atoms. The number of amides is 2. The Balaban J connectivity index is 2.00. The number of benzene rings is 1. The van der Waals surface area contributed by atoms with Crippen molar-refractivity contribution in [2.24, 2.45) is 10.7 Å². The van der Waals surface area contributed by atoms with Crippen molar-refractivity contribution >= 4 is 11.9 Å². The van der Waals surface area contributed by atoms with E-state index in [1.165, 1.54) is 6.07 Å². The Morgan fingerprint density at radius 3 is 2.78 bits per heavy atom. The molecule has 0 saturated heterocycles. The number of nitrogens with two attached hydrogens (primary N) is 1. The lowest BCUT2D eigenvalue weighted by Gasteiger charge is -2.24. The summed E-state index contributed by atoms with van der Waals surface area (Å²) in [7, 11) is 0. The predicted octanol–water partition coefficient (Wildman–Crippen LogP) is 2.13. The van der Waals surface area contributed by atoms with Gasteiger partial charge in [0.05, 0.1) is 0 Å². The highest BCUT2D eigenvalue weighted by atomic mass is 19.1. The Morgan fingerprint density at radius 2 is 2.17 bits per heavy atom. The zero-order chi connectivity index (χ0) is 12.9. The molecule has 1 atom stereocenters. The van der Waals surface area contributed by atoms with Gasteiger partial charge in [-0.1, -0.05) is 12.1 Å². The molecule has 3 rings (SSSR count). The smallest absolute Gasteiger partial charge is 0.346 e. The highest BCUT2D eigenvalue weighted by Crippen LogP contribution is 2.38. The number of hydrogen-bond acceptors (Lipinski definition) is 2. The van der Waals surface area contributed by atoms with E-state index in [-0.39, 0.29) is 23.7 Å². The first-order chi connectivity index (χ1) is 8.58. The lowest BCUT2D eigenvalue weighted by atomic mass is 10.0. The summed E-state index contributed by atoms with van der Waals surface area (Å²) in [6.07, 6.45) is 1.94. The Morgan fingerprint density at radius 1 is 1.44 bits per heavy atom. The quantitative estimate of drug-likeness (QED) is 0.870. The van der Waals surface area contributed by atoms with Crippen LogP contribution in [0, 0.1) is 12.7 Å². The number of rotatable bonds is 2. The molecule has 18 heavy (non-hydrogen) atoms. The molecule has 0 radical (unpaired) electrons. The van der Waals surface area contributed by atoms with Crippen LogP contribution >= 0.6 is 0 Å². The topological polar surface area (TPSA) is 58.7 Å². The highest BCUT2D eigenvalue weighted by molar-refractivity contribution is 6.03. The van der Waals surface area contributed by atoms with Gasteiger partial charge in [0, 0.05) is 6.04 Å². The number of urea groups is 1. The summed E-state index contributed by atoms with van der Waals surface area (Å²) in [6.45, 7) is 1.70. The second-order valence-corrected chi connectivity index (χ2v) is 4.87. The van der Waals surface area contributed by atoms with Crippen molar-refractivity contribution in [3.8, 4) is 0 Å². The van der Waals surface area contributed by atoms with Gasteiger partial charge in [0.1, 0.15) is 17.7 Å². The molecule has 2 aliphatic rings. The summed E-state index contributed by atoms with van der Waals surface area (Å²) < 4.78 is 13.6. The second kappa shape index (κ2) is 3.80. The first kappa shape index (κ1) is 11.2. The number of aryl methyl sites for hydroxylation is 1. The maximum atomic E-state index is 13.6. The van der Waals surface area contributed by atoms with Crippen molar-refractivity contribution in [2.45, 2.75) is 31.8 Å². The molecule has 1 heterocycles. The second-order valence-electron chi connectivity index (χ2n) is 4.87. The van der Waals surface area contributed by atoms with E-state index in [9.17, 15) is 9.18 Å². The number of aliphatic imine (C=N–C) groups is 1. The number of hydrogen-bond donors (Lipinski definition) is 1. The minimum atomic E-state index is -0.403. The minimum absolute atomic E-state index is 0.205. The van der Waals surface area contributed by atoms with Crippen LogP contribution in [0.4, 0.5) is 9.18 Å². The van der Waals surface area contributed by atoms with Gasteiger partial charge in [0.15, 0.2) is 0 Å². The van der Waals surface area contributed by atoms with Crippen LogP contribution in [0.2, 0.25) is 0 Å². The molecule has 2 amide bonds. The summed E-state index contributed by atoms with van der Waals surface area (Å²) >= 11 is 0. The SMILES string of the molecule is Cc1ccc(C2C(N)=NC(=O)N2C2CC2)cc1F. The van der Waals surface area contributed by atoms with Gasteiger partial charge < -0.3 is 10.6 Å². The molecule has 94 valence electrons. The molecule has 1 aromatic rings. The van der Waals surface area contributed by atoms with E-state index >= 15 is 0 Å². The predicted molar refractivity (Wildman–Crippen MR) is 65.8 cm³/mol. The van der Waals surface area contributed by atoms with E-state index in [2.05, 4.69) is 4.99 Å². The Bertz CT molecular complexity index is 551. The molecule has 1 saturated carbocycles. The van der Waals surface area contributed by atoms with E-state index in [1.54, 1.807) is 24.0 Å². The summed E-state index contributed by atoms with van der Waals surface area (Å²) in [4.78, 5) is 17.2. The van der Waals surface area contributed by atoms with Gasteiger partial charge in [-0.25, -0.2) is 9.18 Å². The monoisotopic (exact) mass is 247 g/mol. The molecule has 0 spiro atoms. The Kier molecular flexibility index (Phi) is 2.36. The maximum Gasteiger partial charge on any atom is 0.346 e. The van der Waals surface area contributed by atoms with Crippen molar-refractivity contribution in [1.29, 1.82) is 0 Å². The molecule has 0 aromatic heterocycles. The fourth-order valence-electron chi connectivity index (χ4n) is 2.31. The Labute approximate surface area is 104 Å². The van der Waals surface area contributed by atoms with Crippen molar-refractivity contribution in [1.82, 2.24) is 4.90 Å². The standard InChI is InChI=1S/C13H14FN3O/c1-7-2-3-8(6-10(7)14)11-12(15)16-13(18)17(11)9-4-5-9/h2-3,6,9,11H,4-5H2,1H3,(H2,15,16,18). The van der Waals surface area contributed by atoms with E-state index in [0.29, 0.717) is 11.1 Å². The number of carbonyl (C=O) groups excluding carboxylic acids is 1. The third-order valence-corrected chi connectivity index (χ3v) is 3.46.